The van der Waals surface area contributed by atoms with E-state index in [1.165, 1.54) is 6.07 Å². The maximum absolute atomic E-state index is 13.3. The van der Waals surface area contributed by atoms with Crippen LogP contribution in [-0.2, 0) is 6.42 Å². The molecule has 21 heavy (non-hydrogen) atoms. The van der Waals surface area contributed by atoms with Crippen LogP contribution in [0.1, 0.15) is 31.7 Å². The lowest BCUT2D eigenvalue weighted by atomic mass is 9.94. The van der Waals surface area contributed by atoms with Crippen molar-refractivity contribution in [1.82, 2.24) is 10.1 Å². The first-order valence-electron chi connectivity index (χ1n) is 7.28. The maximum Gasteiger partial charge on any atom is 0.227 e. The number of nitrogens with zero attached hydrogens (tertiary/aromatic N) is 2. The van der Waals surface area contributed by atoms with E-state index in [1.807, 2.05) is 0 Å². The van der Waals surface area contributed by atoms with E-state index in [0.717, 1.165) is 12.0 Å². The van der Waals surface area contributed by atoms with Crippen LogP contribution in [0.15, 0.2) is 22.7 Å². The van der Waals surface area contributed by atoms with Crippen molar-refractivity contribution in [2.75, 3.05) is 6.54 Å². The lowest BCUT2D eigenvalue weighted by Crippen LogP contribution is -2.19. The molecule has 4 nitrogen and oxygen atoms in total. The van der Waals surface area contributed by atoms with E-state index in [0.29, 0.717) is 42.1 Å². The molecule has 1 atom stereocenters. The van der Waals surface area contributed by atoms with Crippen LogP contribution in [0, 0.1) is 24.6 Å². The van der Waals surface area contributed by atoms with E-state index in [4.69, 9.17) is 10.3 Å². The highest BCUT2D eigenvalue weighted by Gasteiger charge is 2.16. The van der Waals surface area contributed by atoms with E-state index in [-0.39, 0.29) is 5.82 Å². The molecule has 0 aliphatic carbocycles. The standard InChI is InChI=1S/C16H22FN3O/c1-10(2)6-12(9-18)8-15-19-16(20-21-15)13-4-5-14(17)11(3)7-13/h4-5,7,10,12H,6,8-9,18H2,1-3H3. The smallest absolute Gasteiger partial charge is 0.227 e. The third kappa shape index (κ3) is 4.11. The Morgan fingerprint density at radius 1 is 1.33 bits per heavy atom. The summed E-state index contributed by atoms with van der Waals surface area (Å²) in [6, 6.07) is 4.80. The fraction of sp³-hybridized carbons (Fsp3) is 0.500. The number of aryl methyl sites for hydroxylation is 1. The van der Waals surface area contributed by atoms with Crippen LogP contribution in [0.25, 0.3) is 11.4 Å². The van der Waals surface area contributed by atoms with Crippen molar-refractivity contribution in [2.24, 2.45) is 17.6 Å². The summed E-state index contributed by atoms with van der Waals surface area (Å²) in [6.07, 6.45) is 1.71. The Bertz CT molecular complexity index is 595. The Labute approximate surface area is 124 Å². The van der Waals surface area contributed by atoms with Gasteiger partial charge < -0.3 is 10.3 Å². The molecule has 0 saturated carbocycles. The van der Waals surface area contributed by atoms with E-state index in [2.05, 4.69) is 24.0 Å². The molecule has 1 unspecified atom stereocenters. The van der Waals surface area contributed by atoms with Gasteiger partial charge in [-0.2, -0.15) is 4.98 Å². The highest BCUT2D eigenvalue weighted by atomic mass is 19.1. The van der Waals surface area contributed by atoms with Crippen molar-refractivity contribution >= 4 is 0 Å². The maximum atomic E-state index is 13.3. The SMILES string of the molecule is Cc1cc(-c2noc(CC(CN)CC(C)C)n2)ccc1F. The summed E-state index contributed by atoms with van der Waals surface area (Å²) in [4.78, 5) is 4.39. The van der Waals surface area contributed by atoms with Crippen molar-refractivity contribution < 1.29 is 8.91 Å². The molecule has 2 aromatic rings. The number of hydrogen-bond donors (Lipinski definition) is 1. The number of nitrogens with two attached hydrogens (primary N) is 1. The molecule has 2 rings (SSSR count). The van der Waals surface area contributed by atoms with Crippen LogP contribution < -0.4 is 5.73 Å². The molecular weight excluding hydrogens is 269 g/mol. The zero-order valence-electron chi connectivity index (χ0n) is 12.8. The van der Waals surface area contributed by atoms with Crippen LogP contribution in [-0.4, -0.2) is 16.7 Å². The van der Waals surface area contributed by atoms with Gasteiger partial charge in [0.1, 0.15) is 5.82 Å². The molecule has 0 aliphatic rings. The normalized spacial score (nSPS) is 12.9. The minimum absolute atomic E-state index is 0.234. The summed E-state index contributed by atoms with van der Waals surface area (Å²) in [5.74, 6) is 1.77. The van der Waals surface area contributed by atoms with Gasteiger partial charge in [0.25, 0.3) is 0 Å². The average molecular weight is 291 g/mol. The summed E-state index contributed by atoms with van der Waals surface area (Å²) in [5.41, 5.74) is 7.12. The Hall–Kier alpha value is -1.75. The van der Waals surface area contributed by atoms with E-state index >= 15 is 0 Å². The highest BCUT2D eigenvalue weighted by molar-refractivity contribution is 5.55. The molecule has 0 radical (unpaired) electrons. The first kappa shape index (κ1) is 15.6. The van der Waals surface area contributed by atoms with Crippen LogP contribution >= 0.6 is 0 Å². The van der Waals surface area contributed by atoms with E-state index < -0.39 is 0 Å². The van der Waals surface area contributed by atoms with Gasteiger partial charge in [-0.3, -0.25) is 0 Å². The van der Waals surface area contributed by atoms with Gasteiger partial charge in [0.2, 0.25) is 11.7 Å². The van der Waals surface area contributed by atoms with Crippen molar-refractivity contribution in [3.63, 3.8) is 0 Å². The molecular formula is C16H22FN3O. The van der Waals surface area contributed by atoms with Gasteiger partial charge in [0, 0.05) is 12.0 Å². The Kier molecular flexibility index (Phi) is 5.07. The summed E-state index contributed by atoms with van der Waals surface area (Å²) >= 11 is 0. The Morgan fingerprint density at radius 2 is 2.10 bits per heavy atom. The number of benzene rings is 1. The molecule has 1 aromatic carbocycles. The summed E-state index contributed by atoms with van der Waals surface area (Å²) < 4.78 is 18.6. The van der Waals surface area contributed by atoms with Gasteiger partial charge in [-0.1, -0.05) is 19.0 Å². The minimum atomic E-state index is -0.234. The first-order chi connectivity index (χ1) is 9.99. The number of hydrogen-bond acceptors (Lipinski definition) is 4. The molecule has 0 aliphatic heterocycles. The fourth-order valence-electron chi connectivity index (χ4n) is 2.42. The second-order valence-electron chi connectivity index (χ2n) is 5.91. The Morgan fingerprint density at radius 3 is 2.71 bits per heavy atom. The van der Waals surface area contributed by atoms with Crippen molar-refractivity contribution in [1.29, 1.82) is 0 Å². The molecule has 2 N–H and O–H groups in total. The molecule has 114 valence electrons. The molecule has 0 fully saturated rings. The van der Waals surface area contributed by atoms with Gasteiger partial charge in [-0.25, -0.2) is 4.39 Å². The summed E-state index contributed by atoms with van der Waals surface area (Å²) in [5, 5.41) is 3.97. The van der Waals surface area contributed by atoms with Crippen LogP contribution in [0.5, 0.6) is 0 Å². The largest absolute Gasteiger partial charge is 0.339 e. The molecule has 0 saturated heterocycles. The fourth-order valence-corrected chi connectivity index (χ4v) is 2.42. The van der Waals surface area contributed by atoms with Crippen molar-refractivity contribution in [3.8, 4) is 11.4 Å². The van der Waals surface area contributed by atoms with E-state index in [1.54, 1.807) is 19.1 Å². The molecule has 0 bridgehead atoms. The second kappa shape index (κ2) is 6.80. The quantitative estimate of drug-likeness (QED) is 0.886. The van der Waals surface area contributed by atoms with Gasteiger partial charge in [-0.05, 0) is 55.5 Å². The zero-order chi connectivity index (χ0) is 15.4. The summed E-state index contributed by atoms with van der Waals surface area (Å²) in [6.45, 7) is 6.66. The lowest BCUT2D eigenvalue weighted by molar-refractivity contribution is 0.332. The monoisotopic (exact) mass is 291 g/mol. The van der Waals surface area contributed by atoms with Gasteiger partial charge in [0.05, 0.1) is 0 Å². The number of halogens is 1. The topological polar surface area (TPSA) is 64.9 Å². The van der Waals surface area contributed by atoms with Crippen LogP contribution in [0.4, 0.5) is 4.39 Å². The first-order valence-corrected chi connectivity index (χ1v) is 7.28. The number of rotatable bonds is 6. The zero-order valence-corrected chi connectivity index (χ0v) is 12.8. The average Bonchev–Trinajstić information content (AvgIpc) is 2.89. The third-order valence-electron chi connectivity index (χ3n) is 3.49. The third-order valence-corrected chi connectivity index (χ3v) is 3.49. The predicted octanol–water partition coefficient (Wildman–Crippen LogP) is 3.35. The molecule has 0 amide bonds. The minimum Gasteiger partial charge on any atom is -0.339 e. The van der Waals surface area contributed by atoms with Crippen molar-refractivity contribution in [2.45, 2.75) is 33.6 Å². The second-order valence-corrected chi connectivity index (χ2v) is 5.91. The highest BCUT2D eigenvalue weighted by Crippen LogP contribution is 2.21. The molecule has 1 heterocycles. The number of aromatic nitrogens is 2. The van der Waals surface area contributed by atoms with E-state index in [9.17, 15) is 4.39 Å². The van der Waals surface area contributed by atoms with Crippen LogP contribution in [0.2, 0.25) is 0 Å². The van der Waals surface area contributed by atoms with Gasteiger partial charge in [0.15, 0.2) is 0 Å². The van der Waals surface area contributed by atoms with Crippen molar-refractivity contribution in [3.05, 3.63) is 35.5 Å². The van der Waals surface area contributed by atoms with Gasteiger partial charge in [-0.15, -0.1) is 0 Å². The van der Waals surface area contributed by atoms with Gasteiger partial charge >= 0.3 is 0 Å². The Balaban J connectivity index is 2.11. The predicted molar refractivity (Wildman–Crippen MR) is 80.1 cm³/mol. The van der Waals surface area contributed by atoms with Crippen LogP contribution in [0.3, 0.4) is 0 Å². The lowest BCUT2D eigenvalue weighted by Gasteiger charge is -2.14. The molecule has 5 heteroatoms. The molecule has 1 aromatic heterocycles. The molecule has 0 spiro atoms. The summed E-state index contributed by atoms with van der Waals surface area (Å²) in [7, 11) is 0.